The SMILES string of the molecule is c1ccc([C@@]23O[C@@](c4ccccc4)(c4ccccc42)[C@]24C[C@]32C2CCC4CC2)cc1. The molecule has 3 aromatic rings. The fourth-order valence-electron chi connectivity index (χ4n) is 9.33. The Hall–Kier alpha value is -2.38. The summed E-state index contributed by atoms with van der Waals surface area (Å²) in [4.78, 5) is 0. The lowest BCUT2D eigenvalue weighted by molar-refractivity contribution is -0.100. The van der Waals surface area contributed by atoms with Crippen LogP contribution in [-0.4, -0.2) is 0 Å². The first-order valence-electron chi connectivity index (χ1n) is 11.7. The molecule has 4 aliphatic carbocycles. The van der Waals surface area contributed by atoms with Crippen LogP contribution in [0.4, 0.5) is 0 Å². The Labute approximate surface area is 178 Å². The van der Waals surface area contributed by atoms with Crippen LogP contribution in [0.25, 0.3) is 0 Å². The van der Waals surface area contributed by atoms with E-state index in [0.29, 0.717) is 0 Å². The fraction of sp³-hybridized carbons (Fsp3) is 0.379. The summed E-state index contributed by atoms with van der Waals surface area (Å²) in [5, 5.41) is 0. The van der Waals surface area contributed by atoms with Crippen molar-refractivity contribution >= 4 is 0 Å². The second kappa shape index (κ2) is 4.92. The second-order valence-corrected chi connectivity index (χ2v) is 10.4. The van der Waals surface area contributed by atoms with E-state index in [9.17, 15) is 0 Å². The Morgan fingerprint density at radius 1 is 0.533 bits per heavy atom. The third-order valence-corrected chi connectivity index (χ3v) is 9.96. The number of hydrogen-bond donors (Lipinski definition) is 0. The van der Waals surface area contributed by atoms with Gasteiger partial charge in [-0.15, -0.1) is 0 Å². The summed E-state index contributed by atoms with van der Waals surface area (Å²) in [7, 11) is 0. The fourth-order valence-corrected chi connectivity index (χ4v) is 9.33. The van der Waals surface area contributed by atoms with Crippen LogP contribution in [0.3, 0.4) is 0 Å². The van der Waals surface area contributed by atoms with Gasteiger partial charge >= 0.3 is 0 Å². The van der Waals surface area contributed by atoms with Gasteiger partial charge in [0.25, 0.3) is 0 Å². The third kappa shape index (κ3) is 1.34. The van der Waals surface area contributed by atoms with Crippen molar-refractivity contribution in [3.63, 3.8) is 0 Å². The molecule has 0 spiro atoms. The molecule has 4 atom stereocenters. The first-order chi connectivity index (χ1) is 14.8. The monoisotopic (exact) mass is 390 g/mol. The van der Waals surface area contributed by atoms with E-state index >= 15 is 0 Å². The molecule has 2 heterocycles. The minimum Gasteiger partial charge on any atom is -0.348 e. The molecule has 1 saturated heterocycles. The van der Waals surface area contributed by atoms with Gasteiger partial charge in [-0.25, -0.2) is 0 Å². The lowest BCUT2D eigenvalue weighted by Gasteiger charge is -2.54. The van der Waals surface area contributed by atoms with E-state index in [-0.39, 0.29) is 22.0 Å². The van der Waals surface area contributed by atoms with Crippen LogP contribution in [0.1, 0.15) is 54.4 Å². The molecule has 6 aliphatic rings. The van der Waals surface area contributed by atoms with Gasteiger partial charge in [-0.05, 0) is 66.2 Å². The molecule has 30 heavy (non-hydrogen) atoms. The summed E-state index contributed by atoms with van der Waals surface area (Å²) in [6.45, 7) is 0. The first-order valence-corrected chi connectivity index (χ1v) is 11.7. The molecule has 0 radical (unpaired) electrons. The molecule has 148 valence electrons. The highest BCUT2D eigenvalue weighted by atomic mass is 16.5. The van der Waals surface area contributed by atoms with Crippen molar-refractivity contribution in [2.45, 2.75) is 43.3 Å². The van der Waals surface area contributed by atoms with E-state index in [2.05, 4.69) is 84.9 Å². The Balaban J connectivity index is 1.55. The standard InChI is InChI=1S/C29H26O/c1-3-9-22(10-4-1)28-24-13-7-8-14-25(24)29(30-28,23-11-5-2-6-12-23)27-19-26(27,28)20-15-17-21(27)18-16-20/h1-14,20-21H,15-19H2/t20?,21?,26-,27+,28-,29+. The average molecular weight is 391 g/mol. The normalized spacial score (nSPS) is 43.7. The van der Waals surface area contributed by atoms with E-state index in [1.54, 1.807) is 0 Å². The molecule has 9 rings (SSSR count). The Bertz CT molecular complexity index is 1080. The molecule has 0 aromatic heterocycles. The largest absolute Gasteiger partial charge is 0.348 e. The molecule has 0 unspecified atom stereocenters. The average Bonchev–Trinajstić information content (AvgIpc) is 3.44. The van der Waals surface area contributed by atoms with Gasteiger partial charge in [-0.3, -0.25) is 0 Å². The van der Waals surface area contributed by atoms with Crippen molar-refractivity contribution in [1.29, 1.82) is 0 Å². The maximum absolute atomic E-state index is 7.66. The van der Waals surface area contributed by atoms with E-state index < -0.39 is 0 Å². The number of rotatable bonds is 2. The molecule has 1 heteroatoms. The van der Waals surface area contributed by atoms with Gasteiger partial charge in [0.15, 0.2) is 0 Å². The van der Waals surface area contributed by atoms with Gasteiger partial charge in [0.2, 0.25) is 0 Å². The van der Waals surface area contributed by atoms with Crippen molar-refractivity contribution in [3.8, 4) is 0 Å². The minimum atomic E-state index is -0.301. The number of fused-ring (bicyclic) bond motifs is 7. The van der Waals surface area contributed by atoms with Gasteiger partial charge in [-0.2, -0.15) is 0 Å². The summed E-state index contributed by atoms with van der Waals surface area (Å²) < 4.78 is 7.66. The molecule has 1 nitrogen and oxygen atoms in total. The Morgan fingerprint density at radius 3 is 1.37 bits per heavy atom. The molecule has 4 saturated carbocycles. The van der Waals surface area contributed by atoms with Crippen LogP contribution >= 0.6 is 0 Å². The molecular formula is C29H26O. The molecule has 3 aromatic carbocycles. The Kier molecular flexibility index (Phi) is 2.68. The smallest absolute Gasteiger partial charge is 0.127 e. The maximum atomic E-state index is 7.66. The van der Waals surface area contributed by atoms with Crippen LogP contribution in [0.15, 0.2) is 84.9 Å². The zero-order valence-corrected chi connectivity index (χ0v) is 17.2. The lowest BCUT2D eigenvalue weighted by atomic mass is 9.46. The zero-order chi connectivity index (χ0) is 19.6. The van der Waals surface area contributed by atoms with Crippen LogP contribution in [0, 0.1) is 22.7 Å². The summed E-state index contributed by atoms with van der Waals surface area (Å²) >= 11 is 0. The molecule has 2 aliphatic heterocycles. The summed E-state index contributed by atoms with van der Waals surface area (Å²) in [5.74, 6) is 1.56. The van der Waals surface area contributed by atoms with Crippen molar-refractivity contribution in [2.75, 3.05) is 0 Å². The van der Waals surface area contributed by atoms with E-state index in [0.717, 1.165) is 11.8 Å². The van der Waals surface area contributed by atoms with Crippen molar-refractivity contribution in [3.05, 3.63) is 107 Å². The number of benzene rings is 3. The predicted octanol–water partition coefficient (Wildman–Crippen LogP) is 6.41. The van der Waals surface area contributed by atoms with Crippen molar-refractivity contribution in [1.82, 2.24) is 0 Å². The quantitative estimate of drug-likeness (QED) is 0.491. The number of ether oxygens (including phenoxy) is 1. The molecule has 4 bridgehead atoms. The number of hydrogen-bond acceptors (Lipinski definition) is 1. The predicted molar refractivity (Wildman–Crippen MR) is 117 cm³/mol. The first kappa shape index (κ1) is 16.3. The van der Waals surface area contributed by atoms with Gasteiger partial charge in [0, 0.05) is 10.8 Å². The van der Waals surface area contributed by atoms with Crippen LogP contribution in [0.5, 0.6) is 0 Å². The van der Waals surface area contributed by atoms with E-state index in [4.69, 9.17) is 4.74 Å². The topological polar surface area (TPSA) is 9.23 Å². The molecule has 0 N–H and O–H groups in total. The highest BCUT2D eigenvalue weighted by molar-refractivity contribution is 5.66. The van der Waals surface area contributed by atoms with Gasteiger partial charge in [-0.1, -0.05) is 84.9 Å². The summed E-state index contributed by atoms with van der Waals surface area (Å²) in [5.41, 5.74) is 5.56. The van der Waals surface area contributed by atoms with Gasteiger partial charge < -0.3 is 4.74 Å². The molecule has 5 fully saturated rings. The van der Waals surface area contributed by atoms with Gasteiger partial charge in [0.05, 0.1) is 0 Å². The molecule has 0 amide bonds. The Morgan fingerprint density at radius 2 is 0.933 bits per heavy atom. The highest BCUT2D eigenvalue weighted by Crippen LogP contribution is 2.98. The van der Waals surface area contributed by atoms with Crippen LogP contribution in [-0.2, 0) is 15.9 Å². The highest BCUT2D eigenvalue weighted by Gasteiger charge is 2.97. The summed E-state index contributed by atoms with van der Waals surface area (Å²) in [6, 6.07) is 31.7. The van der Waals surface area contributed by atoms with Crippen molar-refractivity contribution < 1.29 is 4.74 Å². The van der Waals surface area contributed by atoms with Gasteiger partial charge in [0.1, 0.15) is 11.2 Å². The van der Waals surface area contributed by atoms with E-state index in [1.165, 1.54) is 54.4 Å². The van der Waals surface area contributed by atoms with Crippen molar-refractivity contribution in [2.24, 2.45) is 22.7 Å². The minimum absolute atomic E-state index is 0.257. The van der Waals surface area contributed by atoms with Crippen LogP contribution in [0.2, 0.25) is 0 Å². The third-order valence-electron chi connectivity index (χ3n) is 9.96. The molecular weight excluding hydrogens is 364 g/mol. The maximum Gasteiger partial charge on any atom is 0.127 e. The van der Waals surface area contributed by atoms with E-state index in [1.807, 2.05) is 0 Å². The van der Waals surface area contributed by atoms with Crippen LogP contribution < -0.4 is 0 Å². The zero-order valence-electron chi connectivity index (χ0n) is 17.2. The lowest BCUT2D eigenvalue weighted by Crippen LogP contribution is -2.52. The second-order valence-electron chi connectivity index (χ2n) is 10.4. The summed E-state index contributed by atoms with van der Waals surface area (Å²) in [6.07, 6.45) is 6.87.